The molecule has 6 nitrogen and oxygen atoms in total. The smallest absolute Gasteiger partial charge is 0.257 e. The average molecular weight is 579 g/mol. The lowest BCUT2D eigenvalue weighted by Gasteiger charge is -2.37. The van der Waals surface area contributed by atoms with Crippen LogP contribution in [0.5, 0.6) is 5.75 Å². The van der Waals surface area contributed by atoms with E-state index in [1.807, 2.05) is 18.7 Å². The van der Waals surface area contributed by atoms with Gasteiger partial charge in [-0.1, -0.05) is 13.8 Å². The van der Waals surface area contributed by atoms with E-state index in [0.29, 0.717) is 42.6 Å². The molecule has 0 aliphatic carbocycles. The lowest BCUT2D eigenvalue weighted by Crippen LogP contribution is -2.47. The van der Waals surface area contributed by atoms with Crippen LogP contribution in [-0.2, 0) is 0 Å². The summed E-state index contributed by atoms with van der Waals surface area (Å²) in [4.78, 5) is 15.6. The van der Waals surface area contributed by atoms with Crippen molar-refractivity contribution in [3.8, 4) is 5.75 Å². The van der Waals surface area contributed by atoms with Crippen molar-refractivity contribution in [2.24, 2.45) is 5.92 Å². The number of nitrogens with zero attached hydrogens (tertiary/aromatic N) is 2. The van der Waals surface area contributed by atoms with Gasteiger partial charge in [0.2, 0.25) is 5.82 Å². The number of amides is 1. The SMILES string of the molecule is CC(C)COc1ccc(C(=O)NC(=S)Nc2ccc(N3CCN(c4c(F)c(F)c(F)c(F)c4F)CC3)cc2)cc1. The van der Waals surface area contributed by atoms with Crippen molar-refractivity contribution in [1.82, 2.24) is 5.32 Å². The molecule has 0 spiro atoms. The number of anilines is 3. The predicted molar refractivity (Wildman–Crippen MR) is 148 cm³/mol. The highest BCUT2D eigenvalue weighted by Gasteiger charge is 2.30. The van der Waals surface area contributed by atoms with Gasteiger partial charge in [-0.15, -0.1) is 0 Å². The Morgan fingerprint density at radius 2 is 1.35 bits per heavy atom. The Morgan fingerprint density at radius 1 is 0.825 bits per heavy atom. The number of hydrogen-bond acceptors (Lipinski definition) is 5. The Bertz CT molecular complexity index is 1350. The summed E-state index contributed by atoms with van der Waals surface area (Å²) < 4.78 is 74.5. The maximum absolute atomic E-state index is 14.2. The fraction of sp³-hybridized carbons (Fsp3) is 0.286. The van der Waals surface area contributed by atoms with Gasteiger partial charge in [0.15, 0.2) is 28.4 Å². The normalized spacial score (nSPS) is 13.4. The highest BCUT2D eigenvalue weighted by atomic mass is 32.1. The maximum atomic E-state index is 14.2. The minimum absolute atomic E-state index is 0.0549. The summed E-state index contributed by atoms with van der Waals surface area (Å²) in [5.74, 6) is -9.09. The molecule has 212 valence electrons. The van der Waals surface area contributed by atoms with Crippen molar-refractivity contribution in [2.75, 3.05) is 47.9 Å². The van der Waals surface area contributed by atoms with Gasteiger partial charge in [0.1, 0.15) is 11.4 Å². The van der Waals surface area contributed by atoms with Crippen LogP contribution in [0.1, 0.15) is 24.2 Å². The van der Waals surface area contributed by atoms with Crippen LogP contribution in [0, 0.1) is 35.0 Å². The fourth-order valence-electron chi connectivity index (χ4n) is 4.12. The average Bonchev–Trinajstić information content (AvgIpc) is 2.95. The van der Waals surface area contributed by atoms with Gasteiger partial charge in [-0.25, -0.2) is 22.0 Å². The topological polar surface area (TPSA) is 56.8 Å². The van der Waals surface area contributed by atoms with Crippen LogP contribution in [0.4, 0.5) is 39.0 Å². The molecular formula is C28H27F5N4O2S. The van der Waals surface area contributed by atoms with Crippen LogP contribution < -0.4 is 25.2 Å². The van der Waals surface area contributed by atoms with Gasteiger partial charge in [0.25, 0.3) is 5.91 Å². The monoisotopic (exact) mass is 578 g/mol. The van der Waals surface area contributed by atoms with Gasteiger partial charge in [0, 0.05) is 43.1 Å². The van der Waals surface area contributed by atoms with E-state index in [4.69, 9.17) is 17.0 Å². The van der Waals surface area contributed by atoms with Crippen molar-refractivity contribution in [3.05, 3.63) is 83.2 Å². The van der Waals surface area contributed by atoms with E-state index in [9.17, 15) is 26.7 Å². The number of thiocarbonyl (C=S) groups is 1. The van der Waals surface area contributed by atoms with Crippen molar-refractivity contribution in [1.29, 1.82) is 0 Å². The highest BCUT2D eigenvalue weighted by Crippen LogP contribution is 2.31. The summed E-state index contributed by atoms with van der Waals surface area (Å²) in [5, 5.41) is 5.66. The summed E-state index contributed by atoms with van der Waals surface area (Å²) in [6.07, 6.45) is 0. The van der Waals surface area contributed by atoms with E-state index in [0.717, 1.165) is 10.6 Å². The minimum Gasteiger partial charge on any atom is -0.493 e. The van der Waals surface area contributed by atoms with Gasteiger partial charge in [-0.3, -0.25) is 10.1 Å². The van der Waals surface area contributed by atoms with Crippen LogP contribution in [0.3, 0.4) is 0 Å². The van der Waals surface area contributed by atoms with Crippen LogP contribution >= 0.6 is 12.2 Å². The van der Waals surface area contributed by atoms with E-state index < -0.39 is 34.8 Å². The Kier molecular flexibility index (Phi) is 9.08. The highest BCUT2D eigenvalue weighted by molar-refractivity contribution is 7.80. The summed E-state index contributed by atoms with van der Waals surface area (Å²) in [5.41, 5.74) is 0.909. The molecule has 0 saturated carbocycles. The summed E-state index contributed by atoms with van der Waals surface area (Å²) in [6, 6.07) is 13.8. The summed E-state index contributed by atoms with van der Waals surface area (Å²) in [6.45, 7) is 5.36. The van der Waals surface area contributed by atoms with E-state index in [2.05, 4.69) is 10.6 Å². The second-order valence-corrected chi connectivity index (χ2v) is 9.99. The zero-order valence-electron chi connectivity index (χ0n) is 21.7. The molecule has 0 atom stereocenters. The van der Waals surface area contributed by atoms with E-state index in [1.54, 1.807) is 48.5 Å². The molecule has 1 saturated heterocycles. The molecule has 40 heavy (non-hydrogen) atoms. The van der Waals surface area contributed by atoms with Crippen molar-refractivity contribution < 1.29 is 31.5 Å². The van der Waals surface area contributed by atoms with E-state index >= 15 is 0 Å². The zero-order valence-corrected chi connectivity index (χ0v) is 22.6. The summed E-state index contributed by atoms with van der Waals surface area (Å²) in [7, 11) is 0. The number of benzene rings is 3. The van der Waals surface area contributed by atoms with Gasteiger partial charge in [0.05, 0.1) is 6.61 Å². The fourth-order valence-corrected chi connectivity index (χ4v) is 4.33. The van der Waals surface area contributed by atoms with E-state index in [1.165, 1.54) is 0 Å². The van der Waals surface area contributed by atoms with Gasteiger partial charge in [-0.05, 0) is 66.7 Å². The standard InChI is InChI=1S/C28H27F5N4O2S/c1-16(2)15-39-20-9-3-17(4-10-20)27(38)35-28(40)34-18-5-7-19(8-6-18)36-11-13-37(14-12-36)26-24(32)22(30)21(29)23(31)25(26)33/h3-10,16H,11-15H2,1-2H3,(H2,34,35,38,40). The number of ether oxygens (including phenoxy) is 1. The Labute approximate surface area is 233 Å². The second kappa shape index (κ2) is 12.5. The van der Waals surface area contributed by atoms with Crippen molar-refractivity contribution in [2.45, 2.75) is 13.8 Å². The predicted octanol–water partition coefficient (Wildman–Crippen LogP) is 5.87. The molecule has 0 aromatic heterocycles. The second-order valence-electron chi connectivity index (χ2n) is 9.58. The van der Waals surface area contributed by atoms with E-state index in [-0.39, 0.29) is 24.1 Å². The van der Waals surface area contributed by atoms with Gasteiger partial charge < -0.3 is 19.9 Å². The number of piperazine rings is 1. The van der Waals surface area contributed by atoms with Gasteiger partial charge >= 0.3 is 0 Å². The first-order valence-electron chi connectivity index (χ1n) is 12.5. The third-order valence-electron chi connectivity index (χ3n) is 6.20. The first-order valence-corrected chi connectivity index (χ1v) is 12.9. The van der Waals surface area contributed by atoms with Crippen molar-refractivity contribution in [3.63, 3.8) is 0 Å². The van der Waals surface area contributed by atoms with Crippen LogP contribution in [0.25, 0.3) is 0 Å². The number of carbonyl (C=O) groups excluding carboxylic acids is 1. The lowest BCUT2D eigenvalue weighted by atomic mass is 10.2. The zero-order chi connectivity index (χ0) is 29.0. The van der Waals surface area contributed by atoms with Crippen molar-refractivity contribution >= 4 is 40.3 Å². The quantitative estimate of drug-likeness (QED) is 0.158. The molecular weight excluding hydrogens is 551 g/mol. The minimum atomic E-state index is -2.17. The first-order chi connectivity index (χ1) is 19.0. The van der Waals surface area contributed by atoms with Crippen LogP contribution in [0.2, 0.25) is 0 Å². The van der Waals surface area contributed by atoms with Crippen LogP contribution in [0.15, 0.2) is 48.5 Å². The first kappa shape index (κ1) is 29.1. The summed E-state index contributed by atoms with van der Waals surface area (Å²) >= 11 is 5.25. The molecule has 0 bridgehead atoms. The largest absolute Gasteiger partial charge is 0.493 e. The molecule has 3 aromatic rings. The number of carbonyl (C=O) groups is 1. The third kappa shape index (κ3) is 6.61. The molecule has 3 aromatic carbocycles. The molecule has 1 aliphatic heterocycles. The number of nitrogens with one attached hydrogen (secondary N) is 2. The molecule has 1 amide bonds. The molecule has 12 heteroatoms. The Hall–Kier alpha value is -3.93. The molecule has 1 aliphatic rings. The number of rotatable bonds is 7. The lowest BCUT2D eigenvalue weighted by molar-refractivity contribution is 0.0977. The third-order valence-corrected chi connectivity index (χ3v) is 6.40. The molecule has 0 unspecified atom stereocenters. The Morgan fingerprint density at radius 3 is 1.90 bits per heavy atom. The number of hydrogen-bond donors (Lipinski definition) is 2. The number of halogens is 5. The maximum Gasteiger partial charge on any atom is 0.257 e. The molecule has 4 rings (SSSR count). The molecule has 0 radical (unpaired) electrons. The van der Waals surface area contributed by atoms with Gasteiger partial charge in [-0.2, -0.15) is 0 Å². The molecule has 1 heterocycles. The molecule has 2 N–H and O–H groups in total. The Balaban J connectivity index is 1.30. The molecule has 1 fully saturated rings. The van der Waals surface area contributed by atoms with Crippen LogP contribution in [-0.4, -0.2) is 43.8 Å².